The monoisotopic (exact) mass is 250 g/mol. The average molecular weight is 250 g/mol. The number of benzene rings is 2. The van der Waals surface area contributed by atoms with Gasteiger partial charge in [0.2, 0.25) is 0 Å². The number of hydrogen-bond donors (Lipinski definition) is 1. The van der Waals surface area contributed by atoms with Crippen molar-refractivity contribution in [3.63, 3.8) is 0 Å². The van der Waals surface area contributed by atoms with Gasteiger partial charge in [0.25, 0.3) is 0 Å². The maximum Gasteiger partial charge on any atom is 0.339 e. The summed E-state index contributed by atoms with van der Waals surface area (Å²) < 4.78 is 0. The summed E-state index contributed by atoms with van der Waals surface area (Å²) >= 11 is 0. The van der Waals surface area contributed by atoms with Crippen molar-refractivity contribution in [2.24, 2.45) is 0 Å². The fourth-order valence-corrected chi connectivity index (χ4v) is 1.89. The van der Waals surface area contributed by atoms with Crippen LogP contribution < -0.4 is 0 Å². The Morgan fingerprint density at radius 3 is 2.68 bits per heavy atom. The SMILES string of the molecule is C=CCC(=C=Cc1cccc2ccccc12)C(=O)O. The van der Waals surface area contributed by atoms with Gasteiger partial charge >= 0.3 is 5.97 Å². The van der Waals surface area contributed by atoms with E-state index >= 15 is 0 Å². The van der Waals surface area contributed by atoms with Gasteiger partial charge in [-0.2, -0.15) is 0 Å². The van der Waals surface area contributed by atoms with Crippen molar-refractivity contribution in [2.75, 3.05) is 0 Å². The smallest absolute Gasteiger partial charge is 0.339 e. The van der Waals surface area contributed by atoms with Crippen LogP contribution in [-0.4, -0.2) is 11.1 Å². The molecular formula is C17H14O2. The number of aliphatic carboxylic acids is 1. The second-order valence-electron chi connectivity index (χ2n) is 4.13. The predicted octanol–water partition coefficient (Wildman–Crippen LogP) is 4.04. The highest BCUT2D eigenvalue weighted by molar-refractivity contribution is 5.92. The summed E-state index contributed by atoms with van der Waals surface area (Å²) in [4.78, 5) is 11.0. The summed E-state index contributed by atoms with van der Waals surface area (Å²) in [7, 11) is 0. The second-order valence-corrected chi connectivity index (χ2v) is 4.13. The molecule has 2 aromatic rings. The van der Waals surface area contributed by atoms with Gasteiger partial charge in [-0.15, -0.1) is 12.3 Å². The van der Waals surface area contributed by atoms with E-state index in [2.05, 4.69) is 12.3 Å². The van der Waals surface area contributed by atoms with Crippen LogP contribution in [0.15, 0.2) is 66.4 Å². The molecule has 0 spiro atoms. The maximum atomic E-state index is 11.0. The van der Waals surface area contributed by atoms with E-state index < -0.39 is 5.97 Å². The molecule has 19 heavy (non-hydrogen) atoms. The van der Waals surface area contributed by atoms with Crippen LogP contribution in [0.1, 0.15) is 12.0 Å². The topological polar surface area (TPSA) is 37.3 Å². The molecule has 0 bridgehead atoms. The minimum Gasteiger partial charge on any atom is -0.477 e. The first-order chi connectivity index (χ1) is 9.22. The van der Waals surface area contributed by atoms with Crippen LogP contribution in [0, 0.1) is 0 Å². The number of carbonyl (C=O) groups is 1. The maximum absolute atomic E-state index is 11.0. The average Bonchev–Trinajstić information content (AvgIpc) is 2.43. The molecule has 0 heterocycles. The number of hydrogen-bond acceptors (Lipinski definition) is 1. The molecule has 0 unspecified atom stereocenters. The molecule has 0 atom stereocenters. The Hall–Kier alpha value is -2.57. The van der Waals surface area contributed by atoms with Gasteiger partial charge in [-0.25, -0.2) is 4.79 Å². The molecule has 2 rings (SSSR count). The number of allylic oxidation sites excluding steroid dienone is 1. The number of fused-ring (bicyclic) bond motifs is 1. The van der Waals surface area contributed by atoms with Crippen molar-refractivity contribution in [2.45, 2.75) is 6.42 Å². The van der Waals surface area contributed by atoms with Crippen molar-refractivity contribution >= 4 is 22.8 Å². The quantitative estimate of drug-likeness (QED) is 0.505. The highest BCUT2D eigenvalue weighted by Gasteiger charge is 2.03. The van der Waals surface area contributed by atoms with E-state index in [4.69, 9.17) is 5.11 Å². The Bertz CT molecular complexity index is 684. The van der Waals surface area contributed by atoms with Gasteiger partial charge in [0.15, 0.2) is 0 Å². The molecule has 0 amide bonds. The van der Waals surface area contributed by atoms with Crippen LogP contribution >= 0.6 is 0 Å². The third kappa shape index (κ3) is 3.01. The van der Waals surface area contributed by atoms with Crippen molar-refractivity contribution in [3.8, 4) is 0 Å². The predicted molar refractivity (Wildman–Crippen MR) is 77.9 cm³/mol. The van der Waals surface area contributed by atoms with Crippen LogP contribution in [0.2, 0.25) is 0 Å². The lowest BCUT2D eigenvalue weighted by molar-refractivity contribution is -0.132. The van der Waals surface area contributed by atoms with Crippen LogP contribution in [0.25, 0.3) is 16.8 Å². The summed E-state index contributed by atoms with van der Waals surface area (Å²) in [5.41, 5.74) is 4.02. The molecule has 0 aliphatic rings. The first-order valence-electron chi connectivity index (χ1n) is 6.00. The molecule has 0 aliphatic carbocycles. The molecule has 2 nitrogen and oxygen atoms in total. The van der Waals surface area contributed by atoms with Crippen molar-refractivity contribution in [3.05, 3.63) is 72.0 Å². The summed E-state index contributed by atoms with van der Waals surface area (Å²) in [5, 5.41) is 11.2. The highest BCUT2D eigenvalue weighted by atomic mass is 16.4. The molecule has 2 aromatic carbocycles. The van der Waals surface area contributed by atoms with E-state index in [1.54, 1.807) is 12.2 Å². The van der Waals surface area contributed by atoms with Gasteiger partial charge < -0.3 is 5.11 Å². The molecule has 0 radical (unpaired) electrons. The summed E-state index contributed by atoms with van der Waals surface area (Å²) in [5.74, 6) is -0.962. The molecule has 1 N–H and O–H groups in total. The minimum atomic E-state index is -0.962. The Kier molecular flexibility index (Phi) is 3.97. The summed E-state index contributed by atoms with van der Waals surface area (Å²) in [6.45, 7) is 3.55. The Morgan fingerprint density at radius 1 is 1.21 bits per heavy atom. The Balaban J connectivity index is 2.53. The van der Waals surface area contributed by atoms with Gasteiger partial charge in [-0.1, -0.05) is 48.5 Å². The largest absolute Gasteiger partial charge is 0.477 e. The molecule has 0 aliphatic heterocycles. The van der Waals surface area contributed by atoms with E-state index in [0.717, 1.165) is 16.3 Å². The molecule has 0 aromatic heterocycles. The lowest BCUT2D eigenvalue weighted by atomic mass is 10.0. The summed E-state index contributed by atoms with van der Waals surface area (Å²) in [6.07, 6.45) is 3.58. The molecule has 0 saturated heterocycles. The fraction of sp³-hybridized carbons (Fsp3) is 0.0588. The van der Waals surface area contributed by atoms with Gasteiger partial charge in [-0.3, -0.25) is 0 Å². The van der Waals surface area contributed by atoms with Gasteiger partial charge in [0.05, 0.1) is 5.57 Å². The van der Waals surface area contributed by atoms with Crippen molar-refractivity contribution in [1.29, 1.82) is 0 Å². The molecule has 2 heteroatoms. The van der Waals surface area contributed by atoms with E-state index in [0.29, 0.717) is 6.42 Å². The minimum absolute atomic E-state index is 0.211. The zero-order chi connectivity index (χ0) is 13.7. The normalized spacial score (nSPS) is 9.68. The molecule has 0 fully saturated rings. The van der Waals surface area contributed by atoms with Crippen LogP contribution in [0.5, 0.6) is 0 Å². The van der Waals surface area contributed by atoms with Crippen LogP contribution in [-0.2, 0) is 4.79 Å². The Labute approximate surface area is 112 Å². The molecular weight excluding hydrogens is 236 g/mol. The zero-order valence-corrected chi connectivity index (χ0v) is 10.5. The first-order valence-corrected chi connectivity index (χ1v) is 6.00. The van der Waals surface area contributed by atoms with Crippen LogP contribution in [0.3, 0.4) is 0 Å². The van der Waals surface area contributed by atoms with Gasteiger partial charge in [0, 0.05) is 6.42 Å². The van der Waals surface area contributed by atoms with Crippen molar-refractivity contribution < 1.29 is 9.90 Å². The fourth-order valence-electron chi connectivity index (χ4n) is 1.89. The van der Waals surface area contributed by atoms with E-state index in [-0.39, 0.29) is 5.57 Å². The lowest BCUT2D eigenvalue weighted by Crippen LogP contribution is -1.97. The first kappa shape index (κ1) is 12.9. The second kappa shape index (κ2) is 5.85. The summed E-state index contributed by atoms with van der Waals surface area (Å²) in [6, 6.07) is 13.9. The zero-order valence-electron chi connectivity index (χ0n) is 10.5. The van der Waals surface area contributed by atoms with Crippen LogP contribution in [0.4, 0.5) is 0 Å². The Morgan fingerprint density at radius 2 is 1.95 bits per heavy atom. The number of carboxylic acids is 1. The van der Waals surface area contributed by atoms with E-state index in [9.17, 15) is 4.79 Å². The number of carboxylic acid groups (broad SMARTS) is 1. The highest BCUT2D eigenvalue weighted by Crippen LogP contribution is 2.19. The van der Waals surface area contributed by atoms with Crippen molar-refractivity contribution in [1.82, 2.24) is 0 Å². The third-order valence-electron chi connectivity index (χ3n) is 2.83. The standard InChI is InChI=1S/C17H14O2/c1-2-6-15(17(18)19)12-11-14-9-5-8-13-7-3-4-10-16(13)14/h2-5,7-11H,1,6H2,(H,18,19). The third-order valence-corrected chi connectivity index (χ3v) is 2.83. The van der Waals surface area contributed by atoms with E-state index in [1.165, 1.54) is 0 Å². The van der Waals surface area contributed by atoms with Gasteiger partial charge in [0.1, 0.15) is 0 Å². The van der Waals surface area contributed by atoms with Gasteiger partial charge in [-0.05, 0) is 22.4 Å². The molecule has 94 valence electrons. The van der Waals surface area contributed by atoms with E-state index in [1.807, 2.05) is 42.5 Å². The lowest BCUT2D eigenvalue weighted by Gasteiger charge is -2.00. The molecule has 0 saturated carbocycles. The number of rotatable bonds is 4.